The molecule has 2 aromatic rings. The number of aryl methyl sites for hydroxylation is 1. The van der Waals surface area contributed by atoms with Gasteiger partial charge in [0.15, 0.2) is 5.13 Å². The molecular formula is C16H19N3O2S. The average Bonchev–Trinajstić information content (AvgIpc) is 2.95. The second-order valence-electron chi connectivity index (χ2n) is 5.02. The summed E-state index contributed by atoms with van der Waals surface area (Å²) in [6.45, 7) is 2.63. The highest BCUT2D eigenvalue weighted by molar-refractivity contribution is 7.17. The molecule has 0 fully saturated rings. The number of carbonyl (C=O) groups excluding carboxylic acids is 2. The SMILES string of the molecule is Cc1ccccc1C(=O)c1cnc(NCCCCC(N)=O)s1. The lowest BCUT2D eigenvalue weighted by molar-refractivity contribution is -0.118. The van der Waals surface area contributed by atoms with Crippen LogP contribution in [0.5, 0.6) is 0 Å². The first-order valence-corrected chi connectivity index (χ1v) is 7.98. The Morgan fingerprint density at radius 2 is 2.05 bits per heavy atom. The van der Waals surface area contributed by atoms with E-state index in [-0.39, 0.29) is 11.7 Å². The zero-order chi connectivity index (χ0) is 15.9. The van der Waals surface area contributed by atoms with E-state index in [2.05, 4.69) is 10.3 Å². The zero-order valence-corrected chi connectivity index (χ0v) is 13.3. The summed E-state index contributed by atoms with van der Waals surface area (Å²) in [6.07, 6.45) is 3.59. The van der Waals surface area contributed by atoms with Gasteiger partial charge in [-0.25, -0.2) is 4.98 Å². The van der Waals surface area contributed by atoms with Gasteiger partial charge in [0.05, 0.1) is 11.1 Å². The first kappa shape index (κ1) is 16.2. The highest BCUT2D eigenvalue weighted by Gasteiger charge is 2.14. The van der Waals surface area contributed by atoms with Gasteiger partial charge in [0.1, 0.15) is 0 Å². The lowest BCUT2D eigenvalue weighted by Gasteiger charge is -2.02. The number of rotatable bonds is 8. The molecule has 22 heavy (non-hydrogen) atoms. The van der Waals surface area contributed by atoms with Crippen LogP contribution in [0.2, 0.25) is 0 Å². The molecule has 1 aromatic carbocycles. The van der Waals surface area contributed by atoms with Crippen LogP contribution in [0.3, 0.4) is 0 Å². The molecule has 0 aliphatic rings. The number of anilines is 1. The van der Waals surface area contributed by atoms with Gasteiger partial charge in [-0.3, -0.25) is 9.59 Å². The van der Waals surface area contributed by atoms with Crippen molar-refractivity contribution < 1.29 is 9.59 Å². The third-order valence-electron chi connectivity index (χ3n) is 3.25. The maximum absolute atomic E-state index is 12.4. The highest BCUT2D eigenvalue weighted by atomic mass is 32.1. The maximum Gasteiger partial charge on any atom is 0.217 e. The van der Waals surface area contributed by atoms with E-state index in [9.17, 15) is 9.59 Å². The molecule has 0 bridgehead atoms. The van der Waals surface area contributed by atoms with Crippen molar-refractivity contribution in [2.45, 2.75) is 26.2 Å². The maximum atomic E-state index is 12.4. The van der Waals surface area contributed by atoms with Crippen molar-refractivity contribution >= 4 is 28.2 Å². The molecule has 5 nitrogen and oxygen atoms in total. The number of ketones is 1. The Morgan fingerprint density at radius 1 is 1.27 bits per heavy atom. The number of nitrogens with two attached hydrogens (primary N) is 1. The monoisotopic (exact) mass is 317 g/mol. The summed E-state index contributed by atoms with van der Waals surface area (Å²) < 4.78 is 0. The fourth-order valence-corrected chi connectivity index (χ4v) is 2.84. The van der Waals surface area contributed by atoms with Crippen LogP contribution in [0.15, 0.2) is 30.5 Å². The summed E-state index contributed by atoms with van der Waals surface area (Å²) in [4.78, 5) is 27.9. The van der Waals surface area contributed by atoms with E-state index in [0.29, 0.717) is 23.4 Å². The minimum Gasteiger partial charge on any atom is -0.370 e. The Balaban J connectivity index is 1.90. The Hall–Kier alpha value is -2.21. The van der Waals surface area contributed by atoms with E-state index < -0.39 is 0 Å². The van der Waals surface area contributed by atoms with Gasteiger partial charge >= 0.3 is 0 Å². The van der Waals surface area contributed by atoms with E-state index in [1.165, 1.54) is 11.3 Å². The number of primary amides is 1. The van der Waals surface area contributed by atoms with E-state index >= 15 is 0 Å². The summed E-state index contributed by atoms with van der Waals surface area (Å²) in [7, 11) is 0. The van der Waals surface area contributed by atoms with Crippen LogP contribution in [-0.2, 0) is 4.79 Å². The lowest BCUT2D eigenvalue weighted by Crippen LogP contribution is -2.10. The quantitative estimate of drug-likeness (QED) is 0.579. The number of aromatic nitrogens is 1. The van der Waals surface area contributed by atoms with Gasteiger partial charge in [0.2, 0.25) is 11.7 Å². The molecule has 3 N–H and O–H groups in total. The number of carbonyl (C=O) groups is 2. The third-order valence-corrected chi connectivity index (χ3v) is 4.20. The van der Waals surface area contributed by atoms with Crippen molar-refractivity contribution in [1.29, 1.82) is 0 Å². The molecule has 0 saturated carbocycles. The predicted molar refractivity (Wildman–Crippen MR) is 88.3 cm³/mol. The van der Waals surface area contributed by atoms with Gasteiger partial charge in [-0.2, -0.15) is 0 Å². The van der Waals surface area contributed by atoms with Crippen LogP contribution in [0.4, 0.5) is 5.13 Å². The molecule has 1 heterocycles. The second-order valence-corrected chi connectivity index (χ2v) is 6.05. The molecule has 0 atom stereocenters. The zero-order valence-electron chi connectivity index (χ0n) is 12.5. The number of nitrogens with zero attached hydrogens (tertiary/aromatic N) is 1. The van der Waals surface area contributed by atoms with Crippen molar-refractivity contribution in [3.63, 3.8) is 0 Å². The van der Waals surface area contributed by atoms with Crippen LogP contribution < -0.4 is 11.1 Å². The van der Waals surface area contributed by atoms with Gasteiger partial charge in [0, 0.05) is 18.5 Å². The van der Waals surface area contributed by atoms with Crippen molar-refractivity contribution in [2.75, 3.05) is 11.9 Å². The van der Waals surface area contributed by atoms with Crippen molar-refractivity contribution in [2.24, 2.45) is 5.73 Å². The van der Waals surface area contributed by atoms with Gasteiger partial charge in [-0.1, -0.05) is 35.6 Å². The summed E-state index contributed by atoms with van der Waals surface area (Å²) in [5, 5.41) is 3.88. The van der Waals surface area contributed by atoms with Crippen LogP contribution in [0, 0.1) is 6.92 Å². The molecule has 116 valence electrons. The van der Waals surface area contributed by atoms with E-state index in [4.69, 9.17) is 5.73 Å². The summed E-state index contributed by atoms with van der Waals surface area (Å²) >= 11 is 1.35. The molecule has 0 aliphatic carbocycles. The van der Waals surface area contributed by atoms with Gasteiger partial charge in [0.25, 0.3) is 0 Å². The Labute approximate surface area is 133 Å². The summed E-state index contributed by atoms with van der Waals surface area (Å²) in [5.41, 5.74) is 6.75. The summed E-state index contributed by atoms with van der Waals surface area (Å²) in [5.74, 6) is -0.280. The largest absolute Gasteiger partial charge is 0.370 e. The smallest absolute Gasteiger partial charge is 0.217 e. The second kappa shape index (κ2) is 7.70. The fourth-order valence-electron chi connectivity index (χ4n) is 2.04. The Kier molecular flexibility index (Phi) is 5.66. The molecule has 0 radical (unpaired) electrons. The molecule has 2 rings (SSSR count). The molecule has 0 saturated heterocycles. The lowest BCUT2D eigenvalue weighted by atomic mass is 10.0. The van der Waals surface area contributed by atoms with Crippen LogP contribution in [0.25, 0.3) is 0 Å². The number of thiazole rings is 1. The van der Waals surface area contributed by atoms with Gasteiger partial charge < -0.3 is 11.1 Å². The van der Waals surface area contributed by atoms with Crippen molar-refractivity contribution in [1.82, 2.24) is 4.98 Å². The Morgan fingerprint density at radius 3 is 2.77 bits per heavy atom. The van der Waals surface area contributed by atoms with Crippen molar-refractivity contribution in [3.8, 4) is 0 Å². The van der Waals surface area contributed by atoms with Crippen LogP contribution in [0.1, 0.15) is 40.1 Å². The fraction of sp³-hybridized carbons (Fsp3) is 0.312. The van der Waals surface area contributed by atoms with E-state index in [1.54, 1.807) is 6.20 Å². The van der Waals surface area contributed by atoms with E-state index in [1.807, 2.05) is 31.2 Å². The topological polar surface area (TPSA) is 85.1 Å². The van der Waals surface area contributed by atoms with Crippen molar-refractivity contribution in [3.05, 3.63) is 46.5 Å². The number of benzene rings is 1. The van der Waals surface area contributed by atoms with E-state index in [0.717, 1.165) is 23.5 Å². The molecular weight excluding hydrogens is 298 g/mol. The molecule has 0 unspecified atom stereocenters. The van der Waals surface area contributed by atoms with Crippen LogP contribution in [-0.4, -0.2) is 23.2 Å². The van der Waals surface area contributed by atoms with Crippen LogP contribution >= 0.6 is 11.3 Å². The number of amides is 1. The molecule has 6 heteroatoms. The third kappa shape index (κ3) is 4.39. The minimum absolute atomic E-state index is 0.00243. The van der Waals surface area contributed by atoms with Gasteiger partial charge in [-0.05, 0) is 25.3 Å². The normalized spacial score (nSPS) is 10.4. The molecule has 1 amide bonds. The predicted octanol–water partition coefficient (Wildman–Crippen LogP) is 2.75. The molecule has 0 aliphatic heterocycles. The van der Waals surface area contributed by atoms with Gasteiger partial charge in [-0.15, -0.1) is 0 Å². The number of hydrogen-bond acceptors (Lipinski definition) is 5. The Bertz CT molecular complexity index is 667. The highest BCUT2D eigenvalue weighted by Crippen LogP contribution is 2.22. The number of nitrogens with one attached hydrogen (secondary N) is 1. The first-order valence-electron chi connectivity index (χ1n) is 7.16. The average molecular weight is 317 g/mol. The number of unbranched alkanes of at least 4 members (excludes halogenated alkanes) is 1. The molecule has 0 spiro atoms. The number of hydrogen-bond donors (Lipinski definition) is 2. The minimum atomic E-state index is -0.277. The summed E-state index contributed by atoms with van der Waals surface area (Å²) in [6, 6.07) is 7.53. The molecule has 1 aromatic heterocycles. The first-order chi connectivity index (χ1) is 10.6. The standard InChI is InChI=1S/C16H19N3O2S/c1-11-6-2-3-7-12(11)15(21)13-10-19-16(22-13)18-9-5-4-8-14(17)20/h2-3,6-7,10H,4-5,8-9H2,1H3,(H2,17,20)(H,18,19).